The second kappa shape index (κ2) is 5.98. The van der Waals surface area contributed by atoms with Crippen molar-refractivity contribution < 1.29 is 18.4 Å². The Kier molecular flexibility index (Phi) is 3.80. The van der Waals surface area contributed by atoms with Crippen molar-refractivity contribution in [3.63, 3.8) is 0 Å². The van der Waals surface area contributed by atoms with Gasteiger partial charge in [0.25, 0.3) is 11.8 Å². The lowest BCUT2D eigenvalue weighted by atomic mass is 10.1. The third-order valence-corrected chi connectivity index (χ3v) is 4.50. The van der Waals surface area contributed by atoms with Crippen LogP contribution in [0.5, 0.6) is 0 Å². The summed E-state index contributed by atoms with van der Waals surface area (Å²) in [7, 11) is 0. The Morgan fingerprint density at radius 1 is 1.29 bits per heavy atom. The number of rotatable bonds is 3. The average molecular weight is 331 g/mol. The Hall–Kier alpha value is -2.28. The maximum absolute atomic E-state index is 13.1. The van der Waals surface area contributed by atoms with Crippen LogP contribution in [0.15, 0.2) is 28.8 Å². The van der Waals surface area contributed by atoms with Crippen molar-refractivity contribution >= 4 is 5.91 Å². The van der Waals surface area contributed by atoms with Gasteiger partial charge in [-0.3, -0.25) is 4.79 Å². The van der Waals surface area contributed by atoms with Crippen LogP contribution in [-0.2, 0) is 4.74 Å². The normalized spacial score (nSPS) is 24.2. The molecule has 0 bridgehead atoms. The highest BCUT2D eigenvalue weighted by atomic mass is 19.1. The first kappa shape index (κ1) is 15.3. The van der Waals surface area contributed by atoms with Crippen LogP contribution < -0.4 is 0 Å². The number of hydrogen-bond donors (Lipinski definition) is 0. The first-order valence-corrected chi connectivity index (χ1v) is 8.15. The minimum atomic E-state index is -0.434. The minimum absolute atomic E-state index is 0.193. The quantitative estimate of drug-likeness (QED) is 0.865. The smallest absolute Gasteiger partial charge is 0.254 e. The van der Waals surface area contributed by atoms with Gasteiger partial charge in [0.05, 0.1) is 12.7 Å². The Morgan fingerprint density at radius 2 is 2.04 bits per heavy atom. The molecule has 0 unspecified atom stereocenters. The molecule has 1 aliphatic carbocycles. The highest BCUT2D eigenvalue weighted by molar-refractivity contribution is 5.94. The molecule has 1 saturated carbocycles. The first-order chi connectivity index (χ1) is 11.6. The molecule has 1 saturated heterocycles. The molecule has 0 spiro atoms. The van der Waals surface area contributed by atoms with E-state index in [0.29, 0.717) is 36.3 Å². The van der Waals surface area contributed by atoms with E-state index >= 15 is 0 Å². The van der Waals surface area contributed by atoms with Crippen LogP contribution >= 0.6 is 0 Å². The Bertz CT molecular complexity index is 742. The topological polar surface area (TPSA) is 68.5 Å². The van der Waals surface area contributed by atoms with E-state index in [1.54, 1.807) is 4.90 Å². The van der Waals surface area contributed by atoms with Crippen LogP contribution in [0.3, 0.4) is 0 Å². The number of nitrogens with zero attached hydrogens (tertiary/aromatic N) is 3. The average Bonchev–Trinajstić information content (AvgIpc) is 3.33. The fourth-order valence-electron chi connectivity index (χ4n) is 3.02. The zero-order valence-corrected chi connectivity index (χ0v) is 13.3. The number of benzene rings is 1. The molecule has 4 rings (SSSR count). The molecule has 0 N–H and O–H groups in total. The third-order valence-electron chi connectivity index (χ3n) is 4.50. The summed E-state index contributed by atoms with van der Waals surface area (Å²) in [6.45, 7) is 2.75. The lowest BCUT2D eigenvalue weighted by Crippen LogP contribution is -2.47. The zero-order chi connectivity index (χ0) is 16.7. The fraction of sp³-hybridized carbons (Fsp3) is 0.471. The molecular weight excluding hydrogens is 313 g/mol. The SMILES string of the molecule is C[C@H]1OCCN(C(=O)c2ccc(F)cc2)[C@@H]1c1nc(C2CC2)no1. The molecule has 6 nitrogen and oxygen atoms in total. The van der Waals surface area contributed by atoms with E-state index in [-0.39, 0.29) is 17.8 Å². The maximum Gasteiger partial charge on any atom is 0.254 e. The summed E-state index contributed by atoms with van der Waals surface area (Å²) in [5.74, 6) is 0.922. The molecule has 24 heavy (non-hydrogen) atoms. The number of halogens is 1. The van der Waals surface area contributed by atoms with Gasteiger partial charge in [-0.25, -0.2) is 4.39 Å². The second-order valence-corrected chi connectivity index (χ2v) is 6.29. The molecule has 2 aromatic rings. The number of ether oxygens (including phenoxy) is 1. The summed E-state index contributed by atoms with van der Waals surface area (Å²) >= 11 is 0. The molecule has 1 aromatic heterocycles. The molecule has 1 aliphatic heterocycles. The van der Waals surface area contributed by atoms with Gasteiger partial charge in [0, 0.05) is 18.0 Å². The molecule has 1 amide bonds. The number of carbonyl (C=O) groups excluding carboxylic acids is 1. The van der Waals surface area contributed by atoms with E-state index in [2.05, 4.69) is 10.1 Å². The number of carbonyl (C=O) groups is 1. The summed E-state index contributed by atoms with van der Waals surface area (Å²) in [5.41, 5.74) is 0.428. The molecule has 126 valence electrons. The molecule has 1 aromatic carbocycles. The maximum atomic E-state index is 13.1. The van der Waals surface area contributed by atoms with Crippen LogP contribution in [-0.4, -0.2) is 40.2 Å². The van der Waals surface area contributed by atoms with E-state index in [1.165, 1.54) is 24.3 Å². The predicted molar refractivity (Wildman–Crippen MR) is 81.9 cm³/mol. The molecule has 2 aliphatic rings. The molecule has 7 heteroatoms. The van der Waals surface area contributed by atoms with Gasteiger partial charge in [-0.05, 0) is 44.0 Å². The van der Waals surface area contributed by atoms with Crippen molar-refractivity contribution in [1.29, 1.82) is 0 Å². The van der Waals surface area contributed by atoms with Crippen molar-refractivity contribution in [3.8, 4) is 0 Å². The van der Waals surface area contributed by atoms with E-state index < -0.39 is 6.04 Å². The van der Waals surface area contributed by atoms with Crippen LogP contribution in [0.2, 0.25) is 0 Å². The predicted octanol–water partition coefficient (Wildman–Crippen LogP) is 2.69. The standard InChI is InChI=1S/C17H18FN3O3/c1-10-14(16-19-15(20-24-16)11-2-3-11)21(8-9-23-10)17(22)12-4-6-13(18)7-5-12/h4-7,10-11,14H,2-3,8-9H2,1H3/t10-,14+/m1/s1. The Labute approximate surface area is 138 Å². The van der Waals surface area contributed by atoms with Gasteiger partial charge in [0.2, 0.25) is 0 Å². The lowest BCUT2D eigenvalue weighted by Gasteiger charge is -2.37. The van der Waals surface area contributed by atoms with E-state index in [1.807, 2.05) is 6.92 Å². The van der Waals surface area contributed by atoms with Gasteiger partial charge in [-0.15, -0.1) is 0 Å². The van der Waals surface area contributed by atoms with Crippen LogP contribution in [0, 0.1) is 5.82 Å². The number of morpholine rings is 1. The minimum Gasteiger partial charge on any atom is -0.374 e. The molecular formula is C17H18FN3O3. The van der Waals surface area contributed by atoms with Crippen LogP contribution in [0.25, 0.3) is 0 Å². The number of amides is 1. The largest absolute Gasteiger partial charge is 0.374 e. The van der Waals surface area contributed by atoms with Gasteiger partial charge in [0.1, 0.15) is 11.9 Å². The van der Waals surface area contributed by atoms with Crippen molar-refractivity contribution in [1.82, 2.24) is 15.0 Å². The Balaban J connectivity index is 1.63. The molecule has 2 heterocycles. The van der Waals surface area contributed by atoms with Gasteiger partial charge in [0.15, 0.2) is 5.82 Å². The zero-order valence-electron chi connectivity index (χ0n) is 13.3. The van der Waals surface area contributed by atoms with Gasteiger partial charge in [-0.2, -0.15) is 4.98 Å². The van der Waals surface area contributed by atoms with E-state index in [0.717, 1.165) is 12.8 Å². The Morgan fingerprint density at radius 3 is 2.75 bits per heavy atom. The lowest BCUT2D eigenvalue weighted by molar-refractivity contribution is -0.0600. The summed E-state index contributed by atoms with van der Waals surface area (Å²) in [4.78, 5) is 19.0. The van der Waals surface area contributed by atoms with Crippen molar-refractivity contribution in [2.45, 2.75) is 37.8 Å². The van der Waals surface area contributed by atoms with Crippen LogP contribution in [0.1, 0.15) is 53.8 Å². The van der Waals surface area contributed by atoms with Gasteiger partial charge < -0.3 is 14.2 Å². The summed E-state index contributed by atoms with van der Waals surface area (Å²) in [6, 6.07) is 5.10. The third kappa shape index (κ3) is 2.80. The van der Waals surface area contributed by atoms with Crippen molar-refractivity contribution in [2.75, 3.05) is 13.2 Å². The molecule has 0 radical (unpaired) electrons. The molecule has 2 atom stereocenters. The summed E-state index contributed by atoms with van der Waals surface area (Å²) in [6.07, 6.45) is 1.90. The van der Waals surface area contributed by atoms with Crippen LogP contribution in [0.4, 0.5) is 4.39 Å². The first-order valence-electron chi connectivity index (χ1n) is 8.15. The van der Waals surface area contributed by atoms with Crippen molar-refractivity contribution in [2.24, 2.45) is 0 Å². The summed E-state index contributed by atoms with van der Waals surface area (Å²) in [5, 5.41) is 4.04. The second-order valence-electron chi connectivity index (χ2n) is 6.29. The number of hydrogen-bond acceptors (Lipinski definition) is 5. The van der Waals surface area contributed by atoms with Crippen molar-refractivity contribution in [3.05, 3.63) is 47.4 Å². The van der Waals surface area contributed by atoms with E-state index in [4.69, 9.17) is 9.26 Å². The van der Waals surface area contributed by atoms with Gasteiger partial charge in [-0.1, -0.05) is 5.16 Å². The monoisotopic (exact) mass is 331 g/mol. The summed E-state index contributed by atoms with van der Waals surface area (Å²) < 4.78 is 24.2. The number of aromatic nitrogens is 2. The van der Waals surface area contributed by atoms with Gasteiger partial charge >= 0.3 is 0 Å². The fourth-order valence-corrected chi connectivity index (χ4v) is 3.02. The van der Waals surface area contributed by atoms with E-state index in [9.17, 15) is 9.18 Å². The molecule has 2 fully saturated rings. The highest BCUT2D eigenvalue weighted by Gasteiger charge is 2.39. The highest BCUT2D eigenvalue weighted by Crippen LogP contribution is 2.39.